The lowest BCUT2D eigenvalue weighted by molar-refractivity contribution is 0.443. The van der Waals surface area contributed by atoms with Crippen molar-refractivity contribution >= 4 is 45.8 Å². The summed E-state index contributed by atoms with van der Waals surface area (Å²) in [6.07, 6.45) is 2.05. The maximum absolute atomic E-state index is 13.3. The lowest BCUT2D eigenvalue weighted by Gasteiger charge is -2.29. The molecular formula is C13H15Cl2FN2S. The highest BCUT2D eigenvalue weighted by Crippen LogP contribution is 2.32. The predicted molar refractivity (Wildman–Crippen MR) is 83.2 cm³/mol. The number of hydrogen-bond acceptors (Lipinski definition) is 3. The molecule has 1 aromatic rings. The van der Waals surface area contributed by atoms with Crippen LogP contribution in [-0.4, -0.2) is 16.5 Å². The van der Waals surface area contributed by atoms with E-state index in [1.807, 2.05) is 0 Å². The molecule has 1 unspecified atom stereocenters. The standard InChI is InChI=1S/C13H15Cl2FN2S/c1-3-13(2)4-5-19-12(18-13)17-8-6-9(14)11(16)10(15)7-8/h6-7H,3-5H2,1-2H3,(H,17,18). The number of aliphatic imine (C=N–C) groups is 1. The molecule has 1 atom stereocenters. The van der Waals surface area contributed by atoms with Crippen LogP contribution in [0.4, 0.5) is 10.1 Å². The monoisotopic (exact) mass is 320 g/mol. The number of thioether (sulfide) groups is 1. The number of halogens is 3. The number of hydrogen-bond donors (Lipinski definition) is 1. The molecule has 0 saturated carbocycles. The van der Waals surface area contributed by atoms with Gasteiger partial charge in [0.2, 0.25) is 0 Å². The molecule has 1 aliphatic rings. The van der Waals surface area contributed by atoms with Gasteiger partial charge < -0.3 is 5.32 Å². The molecule has 1 heterocycles. The van der Waals surface area contributed by atoms with Crippen LogP contribution in [-0.2, 0) is 0 Å². The number of rotatable bonds is 2. The van der Waals surface area contributed by atoms with Crippen LogP contribution in [0.25, 0.3) is 0 Å². The van der Waals surface area contributed by atoms with Gasteiger partial charge in [-0.25, -0.2) is 4.39 Å². The van der Waals surface area contributed by atoms with Crippen molar-refractivity contribution < 1.29 is 4.39 Å². The van der Waals surface area contributed by atoms with Crippen molar-refractivity contribution in [2.45, 2.75) is 32.2 Å². The van der Waals surface area contributed by atoms with Crippen LogP contribution in [0.2, 0.25) is 10.0 Å². The molecule has 0 fully saturated rings. The van der Waals surface area contributed by atoms with Gasteiger partial charge in [0.05, 0.1) is 15.6 Å². The zero-order valence-corrected chi connectivity index (χ0v) is 13.1. The molecule has 2 rings (SSSR count). The predicted octanol–water partition coefficient (Wildman–Crippen LogP) is 5.21. The van der Waals surface area contributed by atoms with E-state index in [1.54, 1.807) is 11.8 Å². The average Bonchev–Trinajstić information content (AvgIpc) is 2.36. The van der Waals surface area contributed by atoms with Crippen LogP contribution >= 0.6 is 35.0 Å². The summed E-state index contributed by atoms with van der Waals surface area (Å²) in [6.45, 7) is 4.27. The number of amidine groups is 1. The maximum atomic E-state index is 13.3. The van der Waals surface area contributed by atoms with Gasteiger partial charge in [0.1, 0.15) is 0 Å². The highest BCUT2D eigenvalue weighted by Gasteiger charge is 2.26. The minimum absolute atomic E-state index is 0.00895. The topological polar surface area (TPSA) is 24.4 Å². The van der Waals surface area contributed by atoms with Crippen molar-refractivity contribution in [2.24, 2.45) is 4.99 Å². The van der Waals surface area contributed by atoms with E-state index in [1.165, 1.54) is 12.1 Å². The summed E-state index contributed by atoms with van der Waals surface area (Å²) >= 11 is 13.2. The Labute approximate surface area is 126 Å². The second-order valence-electron chi connectivity index (χ2n) is 4.74. The minimum atomic E-state index is -0.592. The number of nitrogens with zero attached hydrogens (tertiary/aromatic N) is 1. The molecule has 0 saturated heterocycles. The molecule has 0 radical (unpaired) electrons. The summed E-state index contributed by atoms with van der Waals surface area (Å²) < 4.78 is 13.3. The first kappa shape index (κ1) is 14.9. The fourth-order valence-corrected chi connectivity index (χ4v) is 3.47. The Morgan fingerprint density at radius 1 is 1.42 bits per heavy atom. The molecule has 0 bridgehead atoms. The second kappa shape index (κ2) is 5.90. The number of nitrogens with one attached hydrogen (secondary N) is 1. The molecule has 0 spiro atoms. The smallest absolute Gasteiger partial charge is 0.161 e. The number of benzene rings is 1. The fraction of sp³-hybridized carbons (Fsp3) is 0.462. The molecular weight excluding hydrogens is 306 g/mol. The van der Waals surface area contributed by atoms with Gasteiger partial charge in [-0.05, 0) is 31.9 Å². The molecule has 19 heavy (non-hydrogen) atoms. The maximum Gasteiger partial charge on any atom is 0.161 e. The highest BCUT2D eigenvalue weighted by molar-refractivity contribution is 8.14. The molecule has 104 valence electrons. The van der Waals surface area contributed by atoms with Gasteiger partial charge >= 0.3 is 0 Å². The lowest BCUT2D eigenvalue weighted by atomic mass is 9.97. The van der Waals surface area contributed by atoms with Gasteiger partial charge in [-0.15, -0.1) is 0 Å². The third-order valence-electron chi connectivity index (χ3n) is 3.25. The van der Waals surface area contributed by atoms with Crippen molar-refractivity contribution in [3.63, 3.8) is 0 Å². The zero-order valence-electron chi connectivity index (χ0n) is 10.8. The molecule has 0 amide bonds. The Morgan fingerprint density at radius 2 is 2.05 bits per heavy atom. The van der Waals surface area contributed by atoms with Crippen molar-refractivity contribution in [1.29, 1.82) is 0 Å². The zero-order chi connectivity index (χ0) is 14.0. The molecule has 2 nitrogen and oxygen atoms in total. The summed E-state index contributed by atoms with van der Waals surface area (Å²) in [4.78, 5) is 4.70. The van der Waals surface area contributed by atoms with E-state index in [0.717, 1.165) is 23.8 Å². The normalized spacial score (nSPS) is 23.1. The third kappa shape index (κ3) is 3.56. The lowest BCUT2D eigenvalue weighted by Crippen LogP contribution is -2.29. The van der Waals surface area contributed by atoms with Gasteiger partial charge in [-0.2, -0.15) is 0 Å². The second-order valence-corrected chi connectivity index (χ2v) is 6.64. The third-order valence-corrected chi connectivity index (χ3v) is 4.67. The van der Waals surface area contributed by atoms with Crippen LogP contribution in [0.1, 0.15) is 26.7 Å². The van der Waals surface area contributed by atoms with E-state index >= 15 is 0 Å². The molecule has 6 heteroatoms. The van der Waals surface area contributed by atoms with E-state index in [9.17, 15) is 4.39 Å². The Hall–Kier alpha value is -0.450. The van der Waals surface area contributed by atoms with Crippen LogP contribution in [0.15, 0.2) is 17.1 Å². The Bertz CT molecular complexity index is 498. The van der Waals surface area contributed by atoms with E-state index < -0.39 is 5.82 Å². The summed E-state index contributed by atoms with van der Waals surface area (Å²) in [6, 6.07) is 3.04. The average molecular weight is 321 g/mol. The SMILES string of the molecule is CCC1(C)CCSC(Nc2cc(Cl)c(F)c(Cl)c2)=N1. The summed E-state index contributed by atoms with van der Waals surface area (Å²) in [5.41, 5.74) is 0.629. The Morgan fingerprint density at radius 3 is 2.63 bits per heavy atom. The van der Waals surface area contributed by atoms with Crippen molar-refractivity contribution in [3.05, 3.63) is 28.0 Å². The fourth-order valence-electron chi connectivity index (χ4n) is 1.77. The molecule has 0 aromatic heterocycles. The van der Waals surface area contributed by atoms with Gasteiger partial charge in [-0.1, -0.05) is 41.9 Å². The molecule has 1 N–H and O–H groups in total. The summed E-state index contributed by atoms with van der Waals surface area (Å²) in [7, 11) is 0. The van der Waals surface area contributed by atoms with E-state index in [-0.39, 0.29) is 15.6 Å². The molecule has 0 aliphatic carbocycles. The van der Waals surface area contributed by atoms with Crippen LogP contribution in [0.5, 0.6) is 0 Å². The first-order chi connectivity index (χ1) is 8.93. The van der Waals surface area contributed by atoms with Crippen LogP contribution < -0.4 is 5.32 Å². The van der Waals surface area contributed by atoms with Gasteiger partial charge in [0.15, 0.2) is 11.0 Å². The summed E-state index contributed by atoms with van der Waals surface area (Å²) in [5, 5.41) is 4.00. The van der Waals surface area contributed by atoms with E-state index in [0.29, 0.717) is 5.69 Å². The Balaban J connectivity index is 2.22. The molecule has 1 aromatic carbocycles. The number of anilines is 1. The first-order valence-corrected chi connectivity index (χ1v) is 7.82. The van der Waals surface area contributed by atoms with Crippen molar-refractivity contribution in [1.82, 2.24) is 0 Å². The van der Waals surface area contributed by atoms with Gasteiger partial charge in [0, 0.05) is 11.4 Å². The van der Waals surface area contributed by atoms with Crippen LogP contribution in [0.3, 0.4) is 0 Å². The summed E-state index contributed by atoms with van der Waals surface area (Å²) in [5.74, 6) is 0.421. The van der Waals surface area contributed by atoms with Crippen molar-refractivity contribution in [3.8, 4) is 0 Å². The Kier molecular flexibility index (Phi) is 4.64. The van der Waals surface area contributed by atoms with Crippen LogP contribution in [0, 0.1) is 5.82 Å². The van der Waals surface area contributed by atoms with Gasteiger partial charge in [-0.3, -0.25) is 4.99 Å². The van der Waals surface area contributed by atoms with E-state index in [2.05, 4.69) is 19.2 Å². The van der Waals surface area contributed by atoms with Gasteiger partial charge in [0.25, 0.3) is 0 Å². The van der Waals surface area contributed by atoms with Crippen molar-refractivity contribution in [2.75, 3.05) is 11.1 Å². The van der Waals surface area contributed by atoms with E-state index in [4.69, 9.17) is 28.2 Å². The minimum Gasteiger partial charge on any atom is -0.335 e. The first-order valence-electron chi connectivity index (χ1n) is 6.08. The quantitative estimate of drug-likeness (QED) is 0.757. The highest BCUT2D eigenvalue weighted by atomic mass is 35.5. The molecule has 1 aliphatic heterocycles. The largest absolute Gasteiger partial charge is 0.335 e.